The zero-order chi connectivity index (χ0) is 21.2. The number of pyridine rings is 1. The first-order valence-electron chi connectivity index (χ1n) is 11.5. The van der Waals surface area contributed by atoms with Crippen molar-refractivity contribution >= 4 is 33.9 Å². The van der Waals surface area contributed by atoms with Gasteiger partial charge >= 0.3 is 0 Å². The van der Waals surface area contributed by atoms with E-state index in [0.29, 0.717) is 12.6 Å². The maximum Gasteiger partial charge on any atom is 0.184 e. The molecule has 0 unspecified atom stereocenters. The Kier molecular flexibility index (Phi) is 6.00. The third-order valence-corrected chi connectivity index (χ3v) is 7.07. The van der Waals surface area contributed by atoms with E-state index in [9.17, 15) is 0 Å². The van der Waals surface area contributed by atoms with Gasteiger partial charge < -0.3 is 15.0 Å². The van der Waals surface area contributed by atoms with Gasteiger partial charge in [0.25, 0.3) is 0 Å². The Hall–Kier alpha value is -2.32. The van der Waals surface area contributed by atoms with Crippen molar-refractivity contribution in [3.05, 3.63) is 35.4 Å². The van der Waals surface area contributed by atoms with E-state index >= 15 is 0 Å². The van der Waals surface area contributed by atoms with Crippen molar-refractivity contribution in [2.45, 2.75) is 70.6 Å². The maximum atomic E-state index is 5.88. The molecule has 3 heterocycles. The smallest absolute Gasteiger partial charge is 0.184 e. The van der Waals surface area contributed by atoms with E-state index in [4.69, 9.17) is 17.0 Å². The lowest BCUT2D eigenvalue weighted by Gasteiger charge is -2.32. The van der Waals surface area contributed by atoms with Crippen molar-refractivity contribution in [3.8, 4) is 0 Å². The molecule has 1 aliphatic carbocycles. The number of hydrogen-bond donors (Lipinski definition) is 1. The molecule has 8 heteroatoms. The van der Waals surface area contributed by atoms with Crippen molar-refractivity contribution in [2.75, 3.05) is 13.2 Å². The minimum absolute atomic E-state index is 0.268. The summed E-state index contributed by atoms with van der Waals surface area (Å²) >= 11 is 5.88. The summed E-state index contributed by atoms with van der Waals surface area (Å²) in [7, 11) is 0. The van der Waals surface area contributed by atoms with E-state index in [1.165, 1.54) is 36.6 Å². The molecule has 164 valence electrons. The van der Waals surface area contributed by atoms with Crippen molar-refractivity contribution < 1.29 is 4.74 Å². The van der Waals surface area contributed by atoms with Gasteiger partial charge in [0, 0.05) is 36.7 Å². The molecular weight excluding hydrogens is 408 g/mol. The lowest BCUT2D eigenvalue weighted by Crippen LogP contribution is -2.46. The fraction of sp³-hybridized carbons (Fsp3) is 0.565. The Labute approximate surface area is 188 Å². The predicted molar refractivity (Wildman–Crippen MR) is 125 cm³/mol. The highest BCUT2D eigenvalue weighted by Crippen LogP contribution is 2.28. The first kappa shape index (κ1) is 20.6. The van der Waals surface area contributed by atoms with E-state index in [1.54, 1.807) is 0 Å². The highest BCUT2D eigenvalue weighted by molar-refractivity contribution is 7.80. The molecule has 1 atom stereocenters. The highest BCUT2D eigenvalue weighted by Gasteiger charge is 2.27. The highest BCUT2D eigenvalue weighted by atomic mass is 32.1. The van der Waals surface area contributed by atoms with Gasteiger partial charge in [0.1, 0.15) is 0 Å². The van der Waals surface area contributed by atoms with Gasteiger partial charge in [-0.1, -0.05) is 25.8 Å². The molecule has 7 nitrogen and oxygen atoms in total. The average molecular weight is 439 g/mol. The van der Waals surface area contributed by atoms with Crippen molar-refractivity contribution in [3.63, 3.8) is 0 Å². The first-order chi connectivity index (χ1) is 15.2. The summed E-state index contributed by atoms with van der Waals surface area (Å²) in [5.41, 5.74) is 4.26. The van der Waals surface area contributed by atoms with Crippen LogP contribution in [0, 0.1) is 0 Å². The van der Waals surface area contributed by atoms with Crippen molar-refractivity contribution in [1.82, 2.24) is 30.3 Å². The molecule has 31 heavy (non-hydrogen) atoms. The molecule has 2 fully saturated rings. The molecule has 0 radical (unpaired) electrons. The number of ether oxygens (including phenoxy) is 1. The Morgan fingerprint density at radius 1 is 1.23 bits per heavy atom. The molecule has 1 saturated carbocycles. The molecule has 3 aromatic rings. The zero-order valence-electron chi connectivity index (χ0n) is 18.1. The maximum absolute atomic E-state index is 5.88. The van der Waals surface area contributed by atoms with Crippen molar-refractivity contribution in [1.29, 1.82) is 0 Å². The van der Waals surface area contributed by atoms with Crippen LogP contribution in [0.3, 0.4) is 0 Å². The Morgan fingerprint density at radius 2 is 2.10 bits per heavy atom. The van der Waals surface area contributed by atoms with Gasteiger partial charge in [-0.25, -0.2) is 0 Å². The molecule has 1 N–H and O–H groups in total. The molecule has 0 amide bonds. The van der Waals surface area contributed by atoms with Crippen LogP contribution in [0.25, 0.3) is 16.6 Å². The number of hydrogen-bond acceptors (Lipinski definition) is 5. The molecule has 2 aliphatic rings. The molecule has 1 aliphatic heterocycles. The molecular formula is C23H30N6OS. The van der Waals surface area contributed by atoms with Gasteiger partial charge in [0.2, 0.25) is 0 Å². The standard InChI is InChI=1S/C23H30N6OS/c1-2-16-9-10-21-17(12-16)13-18(22-25-26-27-29(21)22)15-28(19-6-3-4-7-19)23(31)24-14-20-8-5-11-30-20/h9-10,12-13,19-20H,2-8,11,14-15H2,1H3,(H,24,31)/t20-/m0/s1. The van der Waals surface area contributed by atoms with Gasteiger partial charge in [0.15, 0.2) is 10.8 Å². The van der Waals surface area contributed by atoms with Gasteiger partial charge in [-0.15, -0.1) is 5.10 Å². The number of aromatic nitrogens is 4. The Morgan fingerprint density at radius 3 is 2.87 bits per heavy atom. The van der Waals surface area contributed by atoms with E-state index in [2.05, 4.69) is 56.9 Å². The predicted octanol–water partition coefficient (Wildman–Crippen LogP) is 3.64. The van der Waals surface area contributed by atoms with Crippen LogP contribution >= 0.6 is 12.2 Å². The first-order valence-corrected chi connectivity index (χ1v) is 11.9. The second kappa shape index (κ2) is 9.04. The summed E-state index contributed by atoms with van der Waals surface area (Å²) in [5, 5.41) is 18.1. The second-order valence-electron chi connectivity index (χ2n) is 8.72. The van der Waals surface area contributed by atoms with E-state index in [1.807, 2.05) is 4.52 Å². The lowest BCUT2D eigenvalue weighted by atomic mass is 10.1. The van der Waals surface area contributed by atoms with Crippen LogP contribution < -0.4 is 5.32 Å². The largest absolute Gasteiger partial charge is 0.376 e. The van der Waals surface area contributed by atoms with Crippen LogP contribution in [0.1, 0.15) is 56.6 Å². The minimum Gasteiger partial charge on any atom is -0.376 e. The normalized spacial score (nSPS) is 19.5. The number of fused-ring (bicyclic) bond motifs is 3. The van der Waals surface area contributed by atoms with Crippen LogP contribution in [0.2, 0.25) is 0 Å². The number of aryl methyl sites for hydroxylation is 1. The summed E-state index contributed by atoms with van der Waals surface area (Å²) in [6.45, 7) is 4.53. The van der Waals surface area contributed by atoms with E-state index in [-0.39, 0.29) is 6.10 Å². The van der Waals surface area contributed by atoms with Crippen LogP contribution in [0.5, 0.6) is 0 Å². The Bertz CT molecular complexity index is 1070. The molecule has 0 bridgehead atoms. The lowest BCUT2D eigenvalue weighted by molar-refractivity contribution is 0.113. The van der Waals surface area contributed by atoms with Gasteiger partial charge in [-0.3, -0.25) is 0 Å². The summed E-state index contributed by atoms with van der Waals surface area (Å²) in [4.78, 5) is 2.36. The fourth-order valence-electron chi connectivity index (χ4n) is 4.92. The number of rotatable bonds is 6. The van der Waals surface area contributed by atoms with Crippen LogP contribution in [0.15, 0.2) is 24.3 Å². The SMILES string of the molecule is CCc1ccc2c(c1)cc(CN(C(=S)NC[C@@H]1CCCO1)C1CCCC1)c1nnnn12. The number of benzene rings is 1. The van der Waals surface area contributed by atoms with Crippen LogP contribution in [0.4, 0.5) is 0 Å². The third-order valence-electron chi connectivity index (χ3n) is 6.69. The van der Waals surface area contributed by atoms with Gasteiger partial charge in [0.05, 0.1) is 11.6 Å². The average Bonchev–Trinajstić information content (AvgIpc) is 3.57. The number of nitrogens with one attached hydrogen (secondary N) is 1. The second-order valence-corrected chi connectivity index (χ2v) is 9.10. The van der Waals surface area contributed by atoms with E-state index < -0.39 is 0 Å². The summed E-state index contributed by atoms with van der Waals surface area (Å²) in [6.07, 6.45) is 8.39. The van der Waals surface area contributed by atoms with Crippen molar-refractivity contribution in [2.24, 2.45) is 0 Å². The molecule has 2 aromatic heterocycles. The topological polar surface area (TPSA) is 67.6 Å². The van der Waals surface area contributed by atoms with Gasteiger partial charge in [-0.05, 0) is 78.5 Å². The van der Waals surface area contributed by atoms with Gasteiger partial charge in [-0.2, -0.15) is 4.52 Å². The minimum atomic E-state index is 0.268. The van der Waals surface area contributed by atoms with E-state index in [0.717, 1.165) is 54.3 Å². The zero-order valence-corrected chi connectivity index (χ0v) is 18.9. The summed E-state index contributed by atoms with van der Waals surface area (Å²) < 4.78 is 7.63. The molecule has 1 aromatic carbocycles. The number of thiocarbonyl (C=S) groups is 1. The Balaban J connectivity index is 1.45. The number of nitrogens with zero attached hydrogens (tertiary/aromatic N) is 5. The summed E-state index contributed by atoms with van der Waals surface area (Å²) in [5.74, 6) is 0. The fourth-order valence-corrected chi connectivity index (χ4v) is 5.22. The molecule has 5 rings (SSSR count). The van der Waals surface area contributed by atoms with Crippen LogP contribution in [-0.4, -0.2) is 55.4 Å². The summed E-state index contributed by atoms with van der Waals surface area (Å²) in [6, 6.07) is 9.21. The van der Waals surface area contributed by atoms with Crippen LogP contribution in [-0.2, 0) is 17.7 Å². The monoisotopic (exact) mass is 438 g/mol. The molecule has 0 spiro atoms. The number of tetrazole rings is 1. The molecule has 1 saturated heterocycles. The quantitative estimate of drug-likeness (QED) is 0.589. The third kappa shape index (κ3) is 4.23.